The lowest BCUT2D eigenvalue weighted by atomic mass is 10.2. The molecule has 1 amide bonds. The van der Waals surface area contributed by atoms with Crippen molar-refractivity contribution >= 4 is 23.2 Å². The Morgan fingerprint density at radius 2 is 1.92 bits per heavy atom. The molecule has 3 rings (SSSR count). The number of nitrogens with one attached hydrogen (secondary N) is 1. The van der Waals surface area contributed by atoms with Crippen molar-refractivity contribution in [1.29, 1.82) is 0 Å². The maximum absolute atomic E-state index is 13.2. The molecule has 1 N–H and O–H groups in total. The lowest BCUT2D eigenvalue weighted by molar-refractivity contribution is -0.142. The van der Waals surface area contributed by atoms with E-state index in [-0.39, 0.29) is 28.6 Å². The highest BCUT2D eigenvalue weighted by Crippen LogP contribution is 2.32. The Labute approximate surface area is 149 Å². The number of amides is 1. The van der Waals surface area contributed by atoms with Crippen molar-refractivity contribution in [3.8, 4) is 0 Å². The van der Waals surface area contributed by atoms with E-state index < -0.39 is 23.6 Å². The van der Waals surface area contributed by atoms with E-state index >= 15 is 0 Å². The summed E-state index contributed by atoms with van der Waals surface area (Å²) >= 11 is 6.02. The predicted octanol–water partition coefficient (Wildman–Crippen LogP) is 3.78. The molecule has 0 aliphatic heterocycles. The standard InChI is InChI=1S/C16H11ClF4N4O/c1-8-6-11(16(19,20)21)25-14(23-8)12(17)13(24-25)15(26)22-7-9-2-4-10(18)5-3-9/h2-6H,7H2,1H3,(H,22,26). The van der Waals surface area contributed by atoms with Crippen molar-refractivity contribution < 1.29 is 22.4 Å². The van der Waals surface area contributed by atoms with Gasteiger partial charge < -0.3 is 5.32 Å². The van der Waals surface area contributed by atoms with Crippen LogP contribution in [0.3, 0.4) is 0 Å². The van der Waals surface area contributed by atoms with Crippen molar-refractivity contribution in [2.45, 2.75) is 19.6 Å². The summed E-state index contributed by atoms with van der Waals surface area (Å²) in [7, 11) is 0. The van der Waals surface area contributed by atoms with Gasteiger partial charge in [0.15, 0.2) is 11.3 Å². The minimum Gasteiger partial charge on any atom is -0.347 e. The lowest BCUT2D eigenvalue weighted by Gasteiger charge is -2.09. The molecule has 1 aromatic carbocycles. The zero-order chi connectivity index (χ0) is 19.1. The molecule has 0 fully saturated rings. The van der Waals surface area contributed by atoms with Crippen LogP contribution in [-0.2, 0) is 12.7 Å². The van der Waals surface area contributed by atoms with Crippen LogP contribution < -0.4 is 5.32 Å². The van der Waals surface area contributed by atoms with Crippen LogP contribution in [0.2, 0.25) is 5.02 Å². The summed E-state index contributed by atoms with van der Waals surface area (Å²) in [5.41, 5.74) is -1.03. The van der Waals surface area contributed by atoms with E-state index in [1.54, 1.807) is 0 Å². The number of fused-ring (bicyclic) bond motifs is 1. The van der Waals surface area contributed by atoms with Crippen LogP contribution in [0.5, 0.6) is 0 Å². The first kappa shape index (κ1) is 18.1. The average molecular weight is 387 g/mol. The molecule has 26 heavy (non-hydrogen) atoms. The molecule has 10 heteroatoms. The molecular weight excluding hydrogens is 376 g/mol. The molecule has 0 radical (unpaired) electrons. The van der Waals surface area contributed by atoms with Gasteiger partial charge >= 0.3 is 6.18 Å². The molecule has 0 saturated carbocycles. The second-order valence-electron chi connectivity index (χ2n) is 5.49. The number of benzene rings is 1. The lowest BCUT2D eigenvalue weighted by Crippen LogP contribution is -2.23. The Kier molecular flexibility index (Phi) is 4.57. The van der Waals surface area contributed by atoms with Gasteiger partial charge in [-0.1, -0.05) is 23.7 Å². The van der Waals surface area contributed by atoms with Crippen LogP contribution in [0, 0.1) is 12.7 Å². The number of aromatic nitrogens is 3. The van der Waals surface area contributed by atoms with Crippen LogP contribution in [-0.4, -0.2) is 20.5 Å². The molecule has 5 nitrogen and oxygen atoms in total. The number of carbonyl (C=O) groups is 1. The van der Waals surface area contributed by atoms with Gasteiger partial charge in [0.1, 0.15) is 16.5 Å². The van der Waals surface area contributed by atoms with E-state index in [0.29, 0.717) is 10.1 Å². The first-order chi connectivity index (χ1) is 12.2. The average Bonchev–Trinajstić information content (AvgIpc) is 2.89. The van der Waals surface area contributed by atoms with E-state index in [1.807, 2.05) is 0 Å². The predicted molar refractivity (Wildman–Crippen MR) is 85.3 cm³/mol. The fraction of sp³-hybridized carbons (Fsp3) is 0.188. The number of halogens is 5. The summed E-state index contributed by atoms with van der Waals surface area (Å²) in [5, 5.41) is 5.87. The highest BCUT2D eigenvalue weighted by Gasteiger charge is 2.36. The first-order valence-electron chi connectivity index (χ1n) is 7.32. The van der Waals surface area contributed by atoms with Crippen LogP contribution in [0.4, 0.5) is 17.6 Å². The summed E-state index contributed by atoms with van der Waals surface area (Å²) < 4.78 is 52.9. The second-order valence-corrected chi connectivity index (χ2v) is 5.87. The zero-order valence-electron chi connectivity index (χ0n) is 13.2. The van der Waals surface area contributed by atoms with Crippen molar-refractivity contribution in [3.63, 3.8) is 0 Å². The van der Waals surface area contributed by atoms with Crippen molar-refractivity contribution in [1.82, 2.24) is 19.9 Å². The van der Waals surface area contributed by atoms with Crippen molar-refractivity contribution in [2.24, 2.45) is 0 Å². The molecule has 0 aliphatic rings. The zero-order valence-corrected chi connectivity index (χ0v) is 14.0. The fourth-order valence-corrected chi connectivity index (χ4v) is 2.57. The SMILES string of the molecule is Cc1cc(C(F)(F)F)n2nc(C(=O)NCc3ccc(F)cc3)c(Cl)c2n1. The molecule has 0 aliphatic carbocycles. The molecule has 0 unspecified atom stereocenters. The number of hydrogen-bond donors (Lipinski definition) is 1. The molecule has 2 aromatic heterocycles. The number of rotatable bonds is 3. The molecule has 0 spiro atoms. The van der Waals surface area contributed by atoms with E-state index in [1.165, 1.54) is 31.2 Å². The fourth-order valence-electron chi connectivity index (χ4n) is 2.33. The number of nitrogens with zero attached hydrogens (tertiary/aromatic N) is 3. The second kappa shape index (κ2) is 6.56. The van der Waals surface area contributed by atoms with Gasteiger partial charge in [0.2, 0.25) is 0 Å². The van der Waals surface area contributed by atoms with Crippen molar-refractivity contribution in [3.05, 3.63) is 63.8 Å². The maximum Gasteiger partial charge on any atom is 0.433 e. The number of hydrogen-bond acceptors (Lipinski definition) is 3. The van der Waals surface area contributed by atoms with E-state index in [0.717, 1.165) is 6.07 Å². The third-order valence-electron chi connectivity index (χ3n) is 3.53. The summed E-state index contributed by atoms with van der Waals surface area (Å²) in [6.45, 7) is 1.41. The first-order valence-corrected chi connectivity index (χ1v) is 7.70. The quantitative estimate of drug-likeness (QED) is 0.697. The van der Waals surface area contributed by atoms with Gasteiger partial charge in [-0.25, -0.2) is 13.9 Å². The third-order valence-corrected chi connectivity index (χ3v) is 3.88. The smallest absolute Gasteiger partial charge is 0.347 e. The Morgan fingerprint density at radius 1 is 1.27 bits per heavy atom. The van der Waals surface area contributed by atoms with Crippen LogP contribution in [0.1, 0.15) is 27.4 Å². The Hall–Kier alpha value is -2.68. The molecule has 0 bridgehead atoms. The van der Waals surface area contributed by atoms with Crippen molar-refractivity contribution in [2.75, 3.05) is 0 Å². The van der Waals surface area contributed by atoms with Crippen LogP contribution in [0.15, 0.2) is 30.3 Å². The largest absolute Gasteiger partial charge is 0.433 e. The van der Waals surface area contributed by atoms with Gasteiger partial charge in [0, 0.05) is 12.2 Å². The van der Waals surface area contributed by atoms with Gasteiger partial charge in [-0.3, -0.25) is 4.79 Å². The van der Waals surface area contributed by atoms with Gasteiger partial charge in [0.05, 0.1) is 0 Å². The van der Waals surface area contributed by atoms with Gasteiger partial charge in [-0.05, 0) is 30.7 Å². The summed E-state index contributed by atoms with van der Waals surface area (Å²) in [4.78, 5) is 16.2. The summed E-state index contributed by atoms with van der Waals surface area (Å²) in [6.07, 6.45) is -4.69. The minimum absolute atomic E-state index is 0.0297. The molecule has 0 atom stereocenters. The third kappa shape index (κ3) is 3.48. The minimum atomic E-state index is -4.69. The van der Waals surface area contributed by atoms with Gasteiger partial charge in [-0.15, -0.1) is 0 Å². The summed E-state index contributed by atoms with van der Waals surface area (Å²) in [6, 6.07) is 6.20. The Morgan fingerprint density at radius 3 is 2.54 bits per heavy atom. The Bertz CT molecular complexity index is 983. The van der Waals surface area contributed by atoms with E-state index in [9.17, 15) is 22.4 Å². The maximum atomic E-state index is 13.2. The van der Waals surface area contributed by atoms with Crippen LogP contribution in [0.25, 0.3) is 5.65 Å². The highest BCUT2D eigenvalue weighted by molar-refractivity contribution is 6.36. The molecule has 2 heterocycles. The van der Waals surface area contributed by atoms with E-state index in [2.05, 4.69) is 15.4 Å². The molecule has 0 saturated heterocycles. The van der Waals surface area contributed by atoms with Gasteiger partial charge in [0.25, 0.3) is 5.91 Å². The number of carbonyl (C=O) groups excluding carboxylic acids is 1. The van der Waals surface area contributed by atoms with E-state index in [4.69, 9.17) is 11.6 Å². The molecular formula is C16H11ClF4N4O. The summed E-state index contributed by atoms with van der Waals surface area (Å²) in [5.74, 6) is -1.19. The molecule has 136 valence electrons. The monoisotopic (exact) mass is 386 g/mol. The van der Waals surface area contributed by atoms with Crippen LogP contribution >= 0.6 is 11.6 Å². The highest BCUT2D eigenvalue weighted by atomic mass is 35.5. The number of alkyl halides is 3. The number of aryl methyl sites for hydroxylation is 1. The topological polar surface area (TPSA) is 59.3 Å². The Balaban J connectivity index is 1.93. The molecule has 3 aromatic rings. The van der Waals surface area contributed by atoms with Gasteiger partial charge in [-0.2, -0.15) is 18.3 Å². The normalized spacial score (nSPS) is 11.8.